The molecule has 1 aromatic heterocycles. The number of benzene rings is 1. The van der Waals surface area contributed by atoms with Crippen LogP contribution in [0.25, 0.3) is 0 Å². The van der Waals surface area contributed by atoms with Crippen molar-refractivity contribution in [2.75, 3.05) is 19.7 Å². The second-order valence-electron chi connectivity index (χ2n) is 8.24. The standard InChI is InChI=1S/C22H27N3O4/c1-15-23-10-9-19(24-15)28-17-7-5-11-25(13-17)20(26)14-27-18-8-4-6-16-12-22(2,3)29-21(16)18/h4,6,8-10,17H,5,7,11-14H2,1-3H3. The van der Waals surface area contributed by atoms with Gasteiger partial charge in [0.1, 0.15) is 17.5 Å². The second kappa shape index (κ2) is 7.89. The molecule has 2 aromatic rings. The van der Waals surface area contributed by atoms with Crippen LogP contribution in [0.2, 0.25) is 0 Å². The van der Waals surface area contributed by atoms with E-state index in [-0.39, 0.29) is 24.2 Å². The molecule has 1 aromatic carbocycles. The molecule has 2 aliphatic heterocycles. The Hall–Kier alpha value is -2.83. The Morgan fingerprint density at radius 1 is 1.34 bits per heavy atom. The molecule has 4 rings (SSSR count). The van der Waals surface area contributed by atoms with Crippen molar-refractivity contribution in [1.29, 1.82) is 0 Å². The summed E-state index contributed by atoms with van der Waals surface area (Å²) in [4.78, 5) is 22.9. The van der Waals surface area contributed by atoms with Crippen LogP contribution in [-0.4, -0.2) is 52.2 Å². The van der Waals surface area contributed by atoms with Crippen LogP contribution >= 0.6 is 0 Å². The van der Waals surface area contributed by atoms with E-state index in [1.807, 2.05) is 25.1 Å². The maximum atomic E-state index is 12.7. The van der Waals surface area contributed by atoms with E-state index in [1.54, 1.807) is 17.2 Å². The fourth-order valence-corrected chi connectivity index (χ4v) is 3.86. The van der Waals surface area contributed by atoms with Gasteiger partial charge < -0.3 is 19.1 Å². The molecule has 1 saturated heterocycles. The van der Waals surface area contributed by atoms with Crippen LogP contribution in [0.1, 0.15) is 38.1 Å². The summed E-state index contributed by atoms with van der Waals surface area (Å²) in [7, 11) is 0. The van der Waals surface area contributed by atoms with E-state index < -0.39 is 0 Å². The van der Waals surface area contributed by atoms with Crippen molar-refractivity contribution in [3.63, 3.8) is 0 Å². The van der Waals surface area contributed by atoms with Crippen LogP contribution in [0.15, 0.2) is 30.5 Å². The molecule has 29 heavy (non-hydrogen) atoms. The smallest absolute Gasteiger partial charge is 0.260 e. The first-order chi connectivity index (χ1) is 13.9. The maximum absolute atomic E-state index is 12.7. The van der Waals surface area contributed by atoms with Crippen molar-refractivity contribution in [2.24, 2.45) is 0 Å². The summed E-state index contributed by atoms with van der Waals surface area (Å²) in [5.74, 6) is 2.55. The number of fused-ring (bicyclic) bond motifs is 1. The topological polar surface area (TPSA) is 73.8 Å². The average molecular weight is 397 g/mol. The fraction of sp³-hybridized carbons (Fsp3) is 0.500. The third-order valence-electron chi connectivity index (χ3n) is 5.17. The Morgan fingerprint density at radius 2 is 2.21 bits per heavy atom. The van der Waals surface area contributed by atoms with Gasteiger partial charge in [-0.2, -0.15) is 4.98 Å². The zero-order valence-electron chi connectivity index (χ0n) is 17.2. The first kappa shape index (κ1) is 19.5. The summed E-state index contributed by atoms with van der Waals surface area (Å²) in [5.41, 5.74) is 0.870. The molecule has 0 radical (unpaired) electrons. The Kier molecular flexibility index (Phi) is 5.30. The summed E-state index contributed by atoms with van der Waals surface area (Å²) in [5, 5.41) is 0. The number of rotatable bonds is 5. The van der Waals surface area contributed by atoms with Gasteiger partial charge in [-0.25, -0.2) is 4.98 Å². The lowest BCUT2D eigenvalue weighted by Gasteiger charge is -2.32. The molecule has 0 saturated carbocycles. The molecular weight excluding hydrogens is 370 g/mol. The molecule has 154 valence electrons. The highest BCUT2D eigenvalue weighted by atomic mass is 16.5. The highest BCUT2D eigenvalue weighted by Gasteiger charge is 2.32. The number of aryl methyl sites for hydroxylation is 1. The monoisotopic (exact) mass is 397 g/mol. The third kappa shape index (κ3) is 4.60. The quantitative estimate of drug-likeness (QED) is 0.772. The number of ether oxygens (including phenoxy) is 3. The molecule has 1 unspecified atom stereocenters. The predicted molar refractivity (Wildman–Crippen MR) is 107 cm³/mol. The van der Waals surface area contributed by atoms with Crippen LogP contribution in [0.5, 0.6) is 17.4 Å². The number of hydrogen-bond donors (Lipinski definition) is 0. The summed E-state index contributed by atoms with van der Waals surface area (Å²) in [6.07, 6.45) is 4.22. The maximum Gasteiger partial charge on any atom is 0.260 e. The number of hydrogen-bond acceptors (Lipinski definition) is 6. The Labute approximate surface area is 171 Å². The van der Waals surface area contributed by atoms with Crippen molar-refractivity contribution in [2.45, 2.75) is 51.7 Å². The Morgan fingerprint density at radius 3 is 3.03 bits per heavy atom. The van der Waals surface area contributed by atoms with Crippen LogP contribution < -0.4 is 14.2 Å². The van der Waals surface area contributed by atoms with Gasteiger partial charge in [-0.3, -0.25) is 4.79 Å². The van der Waals surface area contributed by atoms with Crippen LogP contribution in [0.3, 0.4) is 0 Å². The highest BCUT2D eigenvalue weighted by Crippen LogP contribution is 2.41. The molecule has 7 heteroatoms. The zero-order valence-corrected chi connectivity index (χ0v) is 17.2. The van der Waals surface area contributed by atoms with Gasteiger partial charge in [0, 0.05) is 30.8 Å². The van der Waals surface area contributed by atoms with E-state index in [9.17, 15) is 4.79 Å². The number of aromatic nitrogens is 2. The molecule has 2 aliphatic rings. The molecule has 0 N–H and O–H groups in total. The Balaban J connectivity index is 1.34. The lowest BCUT2D eigenvalue weighted by atomic mass is 10.0. The van der Waals surface area contributed by atoms with E-state index in [1.165, 1.54) is 0 Å². The molecule has 1 atom stereocenters. The van der Waals surface area contributed by atoms with E-state index in [0.717, 1.165) is 30.6 Å². The van der Waals surface area contributed by atoms with Crippen molar-refractivity contribution >= 4 is 5.91 Å². The molecule has 3 heterocycles. The van der Waals surface area contributed by atoms with Gasteiger partial charge in [0.05, 0.1) is 6.54 Å². The SMILES string of the molecule is Cc1nccc(OC2CCCN(C(=O)COc3cccc4c3OC(C)(C)C4)C2)n1. The van der Waals surface area contributed by atoms with Crippen molar-refractivity contribution in [3.8, 4) is 17.4 Å². The predicted octanol–water partition coefficient (Wildman–Crippen LogP) is 2.95. The van der Waals surface area contributed by atoms with Gasteiger partial charge in [0.15, 0.2) is 18.1 Å². The van der Waals surface area contributed by atoms with Crippen LogP contribution in [0.4, 0.5) is 0 Å². The minimum atomic E-state index is -0.247. The number of carbonyl (C=O) groups excluding carboxylic acids is 1. The molecule has 1 amide bonds. The van der Waals surface area contributed by atoms with E-state index >= 15 is 0 Å². The van der Waals surface area contributed by atoms with Gasteiger partial charge >= 0.3 is 0 Å². The van der Waals surface area contributed by atoms with Crippen molar-refractivity contribution in [1.82, 2.24) is 14.9 Å². The van der Waals surface area contributed by atoms with Gasteiger partial charge in [0.2, 0.25) is 5.88 Å². The van der Waals surface area contributed by atoms with Gasteiger partial charge in [-0.1, -0.05) is 12.1 Å². The second-order valence-corrected chi connectivity index (χ2v) is 8.24. The minimum Gasteiger partial charge on any atom is -0.483 e. The number of likely N-dealkylation sites (tertiary alicyclic amines) is 1. The third-order valence-corrected chi connectivity index (χ3v) is 5.17. The minimum absolute atomic E-state index is 0.0143. The van der Waals surface area contributed by atoms with E-state index in [4.69, 9.17) is 14.2 Å². The van der Waals surface area contributed by atoms with Crippen LogP contribution in [0, 0.1) is 6.92 Å². The zero-order chi connectivity index (χ0) is 20.4. The first-order valence-corrected chi connectivity index (χ1v) is 10.1. The van der Waals surface area contributed by atoms with Crippen molar-refractivity contribution in [3.05, 3.63) is 41.9 Å². The molecule has 7 nitrogen and oxygen atoms in total. The summed E-state index contributed by atoms with van der Waals surface area (Å²) >= 11 is 0. The molecular formula is C22H27N3O4. The average Bonchev–Trinajstić information content (AvgIpc) is 3.00. The largest absolute Gasteiger partial charge is 0.483 e. The molecule has 0 spiro atoms. The number of nitrogens with zero attached hydrogens (tertiary/aromatic N) is 3. The number of carbonyl (C=O) groups is 1. The summed E-state index contributed by atoms with van der Waals surface area (Å²) < 4.78 is 17.8. The van der Waals surface area contributed by atoms with Gasteiger partial charge in [-0.15, -0.1) is 0 Å². The Bertz CT molecular complexity index is 899. The molecule has 1 fully saturated rings. The first-order valence-electron chi connectivity index (χ1n) is 10.1. The van der Waals surface area contributed by atoms with E-state index in [2.05, 4.69) is 23.8 Å². The lowest BCUT2D eigenvalue weighted by molar-refractivity contribution is -0.136. The van der Waals surface area contributed by atoms with Crippen LogP contribution in [-0.2, 0) is 11.2 Å². The number of amides is 1. The lowest BCUT2D eigenvalue weighted by Crippen LogP contribution is -2.46. The molecule has 0 aliphatic carbocycles. The number of piperidine rings is 1. The van der Waals surface area contributed by atoms with Gasteiger partial charge in [0.25, 0.3) is 5.91 Å². The summed E-state index contributed by atoms with van der Waals surface area (Å²) in [6, 6.07) is 7.58. The van der Waals surface area contributed by atoms with Crippen molar-refractivity contribution < 1.29 is 19.0 Å². The van der Waals surface area contributed by atoms with Gasteiger partial charge in [-0.05, 0) is 39.7 Å². The summed E-state index contributed by atoms with van der Waals surface area (Å²) in [6.45, 7) is 7.15. The normalized spacial score (nSPS) is 20.0. The van der Waals surface area contributed by atoms with E-state index in [0.29, 0.717) is 30.5 Å². The number of para-hydroxylation sites is 1. The highest BCUT2D eigenvalue weighted by molar-refractivity contribution is 5.78. The fourth-order valence-electron chi connectivity index (χ4n) is 3.86. The molecule has 0 bridgehead atoms.